The van der Waals surface area contributed by atoms with Gasteiger partial charge >= 0.3 is 0 Å². The van der Waals surface area contributed by atoms with Gasteiger partial charge < -0.3 is 18.9 Å². The number of nitrogens with zero attached hydrogens (tertiary/aromatic N) is 3. The van der Waals surface area contributed by atoms with E-state index in [0.29, 0.717) is 32.7 Å². The Hall–Kier alpha value is -3.80. The van der Waals surface area contributed by atoms with Crippen molar-refractivity contribution in [1.29, 1.82) is 0 Å². The molecule has 34 heavy (non-hydrogen) atoms. The van der Waals surface area contributed by atoms with Crippen LogP contribution in [0.15, 0.2) is 72.8 Å². The number of carbonyl (C=O) groups is 1. The van der Waals surface area contributed by atoms with Crippen LogP contribution in [0, 0.1) is 6.92 Å². The van der Waals surface area contributed by atoms with Gasteiger partial charge in [0.05, 0.1) is 24.2 Å². The van der Waals surface area contributed by atoms with E-state index >= 15 is 0 Å². The first-order chi connectivity index (χ1) is 16.6. The minimum absolute atomic E-state index is 0.0189. The number of ether oxygens (including phenoxy) is 2. The van der Waals surface area contributed by atoms with Crippen LogP contribution in [0.1, 0.15) is 30.7 Å². The molecule has 1 atom stereocenters. The number of amides is 1. The van der Waals surface area contributed by atoms with E-state index in [-0.39, 0.29) is 11.8 Å². The molecule has 1 amide bonds. The normalized spacial score (nSPS) is 15.8. The number of fused-ring (bicyclic) bond motifs is 1. The zero-order valence-corrected chi connectivity index (χ0v) is 19.6. The highest BCUT2D eigenvalue weighted by Crippen LogP contribution is 2.34. The van der Waals surface area contributed by atoms with E-state index in [1.54, 1.807) is 0 Å². The summed E-state index contributed by atoms with van der Waals surface area (Å²) in [5.41, 5.74) is 4.07. The zero-order chi connectivity index (χ0) is 23.5. The highest BCUT2D eigenvalue weighted by atomic mass is 16.5. The molecule has 1 aliphatic rings. The first kappa shape index (κ1) is 22.0. The number of aromatic nitrogens is 2. The number of para-hydroxylation sites is 2. The maximum Gasteiger partial charge on any atom is 0.227 e. The van der Waals surface area contributed by atoms with Crippen molar-refractivity contribution in [2.45, 2.75) is 32.7 Å². The van der Waals surface area contributed by atoms with E-state index in [2.05, 4.69) is 23.6 Å². The van der Waals surface area contributed by atoms with E-state index in [4.69, 9.17) is 14.5 Å². The molecule has 2 heterocycles. The molecular weight excluding hydrogens is 426 g/mol. The predicted molar refractivity (Wildman–Crippen MR) is 134 cm³/mol. The minimum atomic E-state index is 0.0189. The molecule has 0 spiro atoms. The number of hydrogen-bond acceptors (Lipinski definition) is 4. The molecule has 0 aliphatic carbocycles. The second kappa shape index (κ2) is 9.59. The van der Waals surface area contributed by atoms with Gasteiger partial charge in [0.15, 0.2) is 0 Å². The lowest BCUT2D eigenvalue weighted by Gasteiger charge is -2.18. The minimum Gasteiger partial charge on any atom is -0.494 e. The summed E-state index contributed by atoms with van der Waals surface area (Å²) in [5, 5.41) is 0. The Morgan fingerprint density at radius 3 is 2.59 bits per heavy atom. The molecule has 0 unspecified atom stereocenters. The summed E-state index contributed by atoms with van der Waals surface area (Å²) in [6.07, 6.45) is 0.440. The molecule has 6 nitrogen and oxygen atoms in total. The van der Waals surface area contributed by atoms with Gasteiger partial charge in [-0.25, -0.2) is 4.98 Å². The number of aryl methyl sites for hydroxylation is 1. The lowest BCUT2D eigenvalue weighted by atomic mass is 10.1. The van der Waals surface area contributed by atoms with Gasteiger partial charge in [-0.2, -0.15) is 0 Å². The molecule has 4 aromatic rings. The lowest BCUT2D eigenvalue weighted by Crippen LogP contribution is -2.24. The van der Waals surface area contributed by atoms with Crippen molar-refractivity contribution < 1.29 is 14.3 Å². The van der Waals surface area contributed by atoms with E-state index in [9.17, 15) is 4.79 Å². The quantitative estimate of drug-likeness (QED) is 0.360. The van der Waals surface area contributed by atoms with Crippen molar-refractivity contribution in [3.05, 3.63) is 84.2 Å². The van der Waals surface area contributed by atoms with Gasteiger partial charge in [-0.3, -0.25) is 4.79 Å². The van der Waals surface area contributed by atoms with E-state index < -0.39 is 0 Å². The first-order valence-electron chi connectivity index (χ1n) is 11.8. The summed E-state index contributed by atoms with van der Waals surface area (Å²) < 4.78 is 13.8. The Morgan fingerprint density at radius 2 is 1.79 bits per heavy atom. The predicted octanol–water partition coefficient (Wildman–Crippen LogP) is 5.34. The van der Waals surface area contributed by atoms with Gasteiger partial charge in [0.1, 0.15) is 23.9 Å². The first-order valence-corrected chi connectivity index (χ1v) is 11.8. The van der Waals surface area contributed by atoms with Crippen molar-refractivity contribution in [3.63, 3.8) is 0 Å². The third-order valence-corrected chi connectivity index (χ3v) is 6.21. The van der Waals surface area contributed by atoms with Crippen LogP contribution in [0.4, 0.5) is 5.69 Å². The lowest BCUT2D eigenvalue weighted by molar-refractivity contribution is -0.117. The van der Waals surface area contributed by atoms with Crippen LogP contribution in [0.2, 0.25) is 0 Å². The van der Waals surface area contributed by atoms with Crippen LogP contribution in [0.5, 0.6) is 11.5 Å². The van der Waals surface area contributed by atoms with Crippen molar-refractivity contribution in [3.8, 4) is 11.5 Å². The summed E-state index contributed by atoms with van der Waals surface area (Å²) in [6.45, 7) is 6.43. The van der Waals surface area contributed by atoms with E-state index in [1.165, 1.54) is 5.56 Å². The largest absolute Gasteiger partial charge is 0.494 e. The standard InChI is InChI=1S/C28H29N3O3/c1-3-33-23-13-11-22(12-14-23)31-19-21(18-27(31)32)28-29-25-9-4-5-10-26(25)30(28)15-16-34-24-8-6-7-20(2)17-24/h4-14,17,21H,3,15-16,18-19H2,1-2H3/t21-/m1/s1. The van der Waals surface area contributed by atoms with Crippen LogP contribution in [0.25, 0.3) is 11.0 Å². The third-order valence-electron chi connectivity index (χ3n) is 6.21. The second-order valence-corrected chi connectivity index (χ2v) is 8.61. The molecule has 6 heteroatoms. The van der Waals surface area contributed by atoms with Crippen LogP contribution in [-0.2, 0) is 11.3 Å². The maximum absolute atomic E-state index is 13.0. The third kappa shape index (κ3) is 4.49. The summed E-state index contributed by atoms with van der Waals surface area (Å²) in [5.74, 6) is 2.75. The molecule has 0 bridgehead atoms. The Labute approximate surface area is 199 Å². The number of rotatable bonds is 8. The number of benzene rings is 3. The Morgan fingerprint density at radius 1 is 0.971 bits per heavy atom. The van der Waals surface area contributed by atoms with Crippen molar-refractivity contribution >= 4 is 22.6 Å². The van der Waals surface area contributed by atoms with Crippen LogP contribution >= 0.6 is 0 Å². The van der Waals surface area contributed by atoms with Gasteiger partial charge in [-0.05, 0) is 67.9 Å². The highest BCUT2D eigenvalue weighted by molar-refractivity contribution is 5.96. The van der Waals surface area contributed by atoms with Crippen molar-refractivity contribution in [2.75, 3.05) is 24.7 Å². The average Bonchev–Trinajstić information content (AvgIpc) is 3.41. The molecule has 0 radical (unpaired) electrons. The Balaban J connectivity index is 1.37. The average molecular weight is 456 g/mol. The molecule has 1 aliphatic heterocycles. The number of hydrogen-bond donors (Lipinski definition) is 0. The number of carbonyl (C=O) groups excluding carboxylic acids is 1. The smallest absolute Gasteiger partial charge is 0.227 e. The van der Waals surface area contributed by atoms with Crippen LogP contribution < -0.4 is 14.4 Å². The molecule has 0 N–H and O–H groups in total. The number of imidazole rings is 1. The SMILES string of the molecule is CCOc1ccc(N2C[C@H](c3nc4ccccc4n3CCOc3cccc(C)c3)CC2=O)cc1. The molecule has 1 aromatic heterocycles. The topological polar surface area (TPSA) is 56.6 Å². The van der Waals surface area contributed by atoms with Gasteiger partial charge in [0.2, 0.25) is 5.91 Å². The summed E-state index contributed by atoms with van der Waals surface area (Å²) in [4.78, 5) is 19.8. The van der Waals surface area contributed by atoms with E-state index in [1.807, 2.05) is 72.5 Å². The zero-order valence-electron chi connectivity index (χ0n) is 19.6. The summed E-state index contributed by atoms with van der Waals surface area (Å²) in [7, 11) is 0. The summed E-state index contributed by atoms with van der Waals surface area (Å²) in [6, 6.07) is 23.9. The Kier molecular flexibility index (Phi) is 6.21. The molecule has 3 aromatic carbocycles. The fourth-order valence-corrected chi connectivity index (χ4v) is 4.62. The fraction of sp³-hybridized carbons (Fsp3) is 0.286. The van der Waals surface area contributed by atoms with Crippen molar-refractivity contribution in [1.82, 2.24) is 9.55 Å². The van der Waals surface area contributed by atoms with Gasteiger partial charge in [-0.15, -0.1) is 0 Å². The monoisotopic (exact) mass is 455 g/mol. The second-order valence-electron chi connectivity index (χ2n) is 8.61. The molecule has 0 saturated carbocycles. The van der Waals surface area contributed by atoms with Gasteiger partial charge in [-0.1, -0.05) is 24.3 Å². The maximum atomic E-state index is 13.0. The molecule has 1 saturated heterocycles. The van der Waals surface area contributed by atoms with E-state index in [0.717, 1.165) is 34.0 Å². The van der Waals surface area contributed by atoms with Crippen LogP contribution in [-0.4, -0.2) is 35.2 Å². The molecular formula is C28H29N3O3. The molecule has 5 rings (SSSR count). The molecule has 1 fully saturated rings. The Bertz CT molecular complexity index is 1300. The fourth-order valence-electron chi connectivity index (χ4n) is 4.62. The highest BCUT2D eigenvalue weighted by Gasteiger charge is 2.34. The van der Waals surface area contributed by atoms with Gasteiger partial charge in [0.25, 0.3) is 0 Å². The van der Waals surface area contributed by atoms with Crippen molar-refractivity contribution in [2.24, 2.45) is 0 Å². The van der Waals surface area contributed by atoms with Crippen LogP contribution in [0.3, 0.4) is 0 Å². The summed E-state index contributed by atoms with van der Waals surface area (Å²) >= 11 is 0. The molecule has 174 valence electrons. The number of anilines is 1. The van der Waals surface area contributed by atoms with Gasteiger partial charge in [0, 0.05) is 24.6 Å².